The number of rotatable bonds is 3. The van der Waals surface area contributed by atoms with Gasteiger partial charge in [0.05, 0.1) is 6.33 Å². The molecule has 0 radical (unpaired) electrons. The molecule has 0 saturated heterocycles. The summed E-state index contributed by atoms with van der Waals surface area (Å²) < 4.78 is 0. The predicted molar refractivity (Wildman–Crippen MR) is 60.4 cm³/mol. The molecule has 2 rings (SSSR count). The van der Waals surface area contributed by atoms with Gasteiger partial charge in [0.25, 0.3) is 5.56 Å². The monoisotopic (exact) mass is 227 g/mol. The normalized spacial score (nSPS) is 23.9. The summed E-state index contributed by atoms with van der Waals surface area (Å²) in [7, 11) is 1.92. The molecule has 82 valence electrons. The zero-order chi connectivity index (χ0) is 11.0. The number of anilines is 1. The lowest BCUT2D eigenvalue weighted by atomic mass is 10.3. The van der Waals surface area contributed by atoms with Gasteiger partial charge in [-0.3, -0.25) is 4.79 Å². The molecule has 1 aromatic heterocycles. The minimum absolute atomic E-state index is 0.174. The molecule has 0 aliphatic heterocycles. The lowest BCUT2D eigenvalue weighted by Gasteiger charge is -2.18. The van der Waals surface area contributed by atoms with Crippen molar-refractivity contribution in [1.82, 2.24) is 9.97 Å². The van der Waals surface area contributed by atoms with E-state index in [1.165, 1.54) is 12.7 Å². The van der Waals surface area contributed by atoms with E-state index in [1.807, 2.05) is 11.9 Å². The zero-order valence-electron chi connectivity index (χ0n) is 8.83. The quantitative estimate of drug-likeness (QED) is 0.852. The van der Waals surface area contributed by atoms with Crippen LogP contribution in [0.3, 0.4) is 0 Å². The number of aromatic amines is 1. The van der Waals surface area contributed by atoms with Crippen molar-refractivity contribution < 1.29 is 0 Å². The maximum absolute atomic E-state index is 11.3. The fourth-order valence-electron chi connectivity index (χ4n) is 1.73. The molecule has 1 heterocycles. The van der Waals surface area contributed by atoms with Crippen LogP contribution in [0.2, 0.25) is 5.02 Å². The van der Waals surface area contributed by atoms with E-state index in [1.54, 1.807) is 0 Å². The number of hydrogen-bond acceptors (Lipinski definition) is 3. The fourth-order valence-corrected chi connectivity index (χ4v) is 1.98. The van der Waals surface area contributed by atoms with Gasteiger partial charge >= 0.3 is 0 Å². The van der Waals surface area contributed by atoms with Gasteiger partial charge < -0.3 is 9.88 Å². The van der Waals surface area contributed by atoms with Gasteiger partial charge in [-0.25, -0.2) is 4.98 Å². The van der Waals surface area contributed by atoms with Crippen LogP contribution in [-0.2, 0) is 0 Å². The molecule has 15 heavy (non-hydrogen) atoms. The number of hydrogen-bond donors (Lipinski definition) is 1. The number of nitrogens with zero attached hydrogens (tertiary/aromatic N) is 2. The summed E-state index contributed by atoms with van der Waals surface area (Å²) in [6.45, 7) is 3.14. The van der Waals surface area contributed by atoms with Crippen LogP contribution in [-0.4, -0.2) is 23.6 Å². The maximum Gasteiger partial charge on any atom is 0.271 e. The number of aromatic nitrogens is 2. The highest BCUT2D eigenvalue weighted by Crippen LogP contribution is 2.38. The Labute approximate surface area is 93.3 Å². The third-order valence-electron chi connectivity index (χ3n) is 2.92. The van der Waals surface area contributed by atoms with Gasteiger partial charge in [0.2, 0.25) is 0 Å². The number of halogens is 1. The third kappa shape index (κ3) is 2.15. The van der Waals surface area contributed by atoms with E-state index in [0.29, 0.717) is 11.7 Å². The zero-order valence-corrected chi connectivity index (χ0v) is 9.58. The van der Waals surface area contributed by atoms with Crippen molar-refractivity contribution in [1.29, 1.82) is 0 Å². The van der Waals surface area contributed by atoms with Crippen molar-refractivity contribution in [2.24, 2.45) is 11.8 Å². The van der Waals surface area contributed by atoms with Crippen molar-refractivity contribution in [3.63, 3.8) is 0 Å². The highest BCUT2D eigenvalue weighted by molar-refractivity contribution is 6.32. The molecule has 0 aromatic carbocycles. The topological polar surface area (TPSA) is 49.0 Å². The standard InChI is InChI=1S/C10H14ClN3O/c1-6-3-7(6)4-14(2)9-8(11)10(15)13-5-12-9/h5-7H,3-4H2,1-2H3,(H,12,13,15). The van der Waals surface area contributed by atoms with E-state index in [4.69, 9.17) is 11.6 Å². The van der Waals surface area contributed by atoms with Crippen LogP contribution in [0, 0.1) is 11.8 Å². The summed E-state index contributed by atoms with van der Waals surface area (Å²) in [4.78, 5) is 19.7. The summed E-state index contributed by atoms with van der Waals surface area (Å²) in [6, 6.07) is 0. The van der Waals surface area contributed by atoms with Gasteiger partial charge in [0.1, 0.15) is 5.02 Å². The summed E-state index contributed by atoms with van der Waals surface area (Å²) in [5, 5.41) is 0.174. The SMILES string of the molecule is CC1CC1CN(C)c1nc[nH]c(=O)c1Cl. The highest BCUT2D eigenvalue weighted by atomic mass is 35.5. The molecule has 0 amide bonds. The Kier molecular flexibility index (Phi) is 2.69. The first-order chi connectivity index (χ1) is 7.09. The van der Waals surface area contributed by atoms with E-state index >= 15 is 0 Å². The van der Waals surface area contributed by atoms with Gasteiger partial charge in [-0.1, -0.05) is 18.5 Å². The van der Waals surface area contributed by atoms with Gasteiger partial charge in [-0.2, -0.15) is 0 Å². The molecule has 0 bridgehead atoms. The van der Waals surface area contributed by atoms with Crippen LogP contribution < -0.4 is 10.5 Å². The van der Waals surface area contributed by atoms with Crippen molar-refractivity contribution >= 4 is 17.4 Å². The van der Waals surface area contributed by atoms with Gasteiger partial charge in [-0.05, 0) is 18.3 Å². The minimum Gasteiger partial charge on any atom is -0.358 e. The van der Waals surface area contributed by atoms with E-state index in [-0.39, 0.29) is 10.6 Å². The molecular formula is C10H14ClN3O. The van der Waals surface area contributed by atoms with Crippen LogP contribution in [0.5, 0.6) is 0 Å². The first-order valence-electron chi connectivity index (χ1n) is 5.04. The van der Waals surface area contributed by atoms with Crippen molar-refractivity contribution in [2.75, 3.05) is 18.5 Å². The van der Waals surface area contributed by atoms with Crippen LogP contribution >= 0.6 is 11.6 Å². The van der Waals surface area contributed by atoms with Crippen LogP contribution in [0.4, 0.5) is 5.82 Å². The van der Waals surface area contributed by atoms with E-state index in [2.05, 4.69) is 16.9 Å². The molecule has 1 aliphatic rings. The average Bonchev–Trinajstić information content (AvgIpc) is 2.86. The largest absolute Gasteiger partial charge is 0.358 e. The van der Waals surface area contributed by atoms with Crippen molar-refractivity contribution in [2.45, 2.75) is 13.3 Å². The van der Waals surface area contributed by atoms with Crippen molar-refractivity contribution in [3.8, 4) is 0 Å². The summed E-state index contributed by atoms with van der Waals surface area (Å²) >= 11 is 5.88. The Hall–Kier alpha value is -1.03. The Balaban J connectivity index is 2.14. The molecule has 1 aromatic rings. The van der Waals surface area contributed by atoms with E-state index in [9.17, 15) is 4.79 Å². The van der Waals surface area contributed by atoms with Gasteiger partial charge in [0, 0.05) is 13.6 Å². The fraction of sp³-hybridized carbons (Fsp3) is 0.600. The molecule has 1 N–H and O–H groups in total. The molecule has 1 aliphatic carbocycles. The van der Waals surface area contributed by atoms with E-state index in [0.717, 1.165) is 12.5 Å². The Morgan fingerprint density at radius 1 is 1.73 bits per heavy atom. The molecule has 2 atom stereocenters. The molecule has 2 unspecified atom stereocenters. The molecule has 1 fully saturated rings. The first kappa shape index (κ1) is 10.5. The number of nitrogens with one attached hydrogen (secondary N) is 1. The molecular weight excluding hydrogens is 214 g/mol. The van der Waals surface area contributed by atoms with Gasteiger partial charge in [-0.15, -0.1) is 0 Å². The van der Waals surface area contributed by atoms with E-state index < -0.39 is 0 Å². The highest BCUT2D eigenvalue weighted by Gasteiger charge is 2.33. The molecule has 0 spiro atoms. The minimum atomic E-state index is -0.280. The summed E-state index contributed by atoms with van der Waals surface area (Å²) in [6.07, 6.45) is 2.64. The molecule has 5 heteroatoms. The van der Waals surface area contributed by atoms with Crippen LogP contribution in [0.25, 0.3) is 0 Å². The Morgan fingerprint density at radius 2 is 2.40 bits per heavy atom. The second-order valence-corrected chi connectivity index (χ2v) is 4.60. The summed E-state index contributed by atoms with van der Waals surface area (Å²) in [5.41, 5.74) is -0.280. The van der Waals surface area contributed by atoms with Crippen molar-refractivity contribution in [3.05, 3.63) is 21.7 Å². The summed E-state index contributed by atoms with van der Waals surface area (Å²) in [5.74, 6) is 2.07. The van der Waals surface area contributed by atoms with Crippen LogP contribution in [0.15, 0.2) is 11.1 Å². The number of H-pyrrole nitrogens is 1. The Bertz CT molecular complexity index is 417. The third-order valence-corrected chi connectivity index (χ3v) is 3.26. The predicted octanol–water partition coefficient (Wildman–Crippen LogP) is 1.52. The van der Waals surface area contributed by atoms with Crippen LogP contribution in [0.1, 0.15) is 13.3 Å². The molecule has 1 saturated carbocycles. The molecule has 4 nitrogen and oxygen atoms in total. The second kappa shape index (κ2) is 3.85. The Morgan fingerprint density at radius 3 is 3.00 bits per heavy atom. The lowest BCUT2D eigenvalue weighted by molar-refractivity contribution is 0.718. The lowest BCUT2D eigenvalue weighted by Crippen LogP contribution is -2.24. The smallest absolute Gasteiger partial charge is 0.271 e. The second-order valence-electron chi connectivity index (χ2n) is 4.22. The van der Waals surface area contributed by atoms with Gasteiger partial charge in [0.15, 0.2) is 5.82 Å². The average molecular weight is 228 g/mol. The first-order valence-corrected chi connectivity index (χ1v) is 5.41. The maximum atomic E-state index is 11.3.